The maximum absolute atomic E-state index is 12.5. The fraction of sp³-hybridized carbons (Fsp3) is 0.0588. The van der Waals surface area contributed by atoms with Crippen LogP contribution >= 0.6 is 0 Å². The van der Waals surface area contributed by atoms with E-state index >= 15 is 0 Å². The summed E-state index contributed by atoms with van der Waals surface area (Å²) in [5.41, 5.74) is 0.887. The molecular formula is C17H14O6S2. The van der Waals surface area contributed by atoms with Crippen LogP contribution in [0, 0.1) is 6.92 Å². The Morgan fingerprint density at radius 2 is 1.48 bits per heavy atom. The van der Waals surface area contributed by atoms with E-state index in [0.717, 1.165) is 11.6 Å². The number of rotatable bonds is 4. The summed E-state index contributed by atoms with van der Waals surface area (Å²) in [5.74, 6) is -0.175. The maximum Gasteiger partial charge on any atom is 0.339 e. The number of aryl methyl sites for hydroxylation is 1. The molecule has 0 atom stereocenters. The molecule has 0 aliphatic carbocycles. The van der Waals surface area contributed by atoms with Gasteiger partial charge in [-0.1, -0.05) is 42.0 Å². The van der Waals surface area contributed by atoms with Crippen LogP contribution in [0.1, 0.15) is 5.56 Å². The van der Waals surface area contributed by atoms with E-state index in [1.807, 2.05) is 6.92 Å². The molecule has 0 aliphatic rings. The first-order valence-electron chi connectivity index (χ1n) is 7.18. The second-order valence-corrected chi connectivity index (χ2v) is 8.44. The van der Waals surface area contributed by atoms with Gasteiger partial charge in [-0.25, -0.2) is 0 Å². The lowest BCUT2D eigenvalue weighted by atomic mass is 10.1. The van der Waals surface area contributed by atoms with Crippen molar-refractivity contribution in [2.75, 3.05) is 0 Å². The summed E-state index contributed by atoms with van der Waals surface area (Å²) < 4.78 is 62.3. The number of hydrogen-bond donors (Lipinski definition) is 1. The summed E-state index contributed by atoms with van der Waals surface area (Å²) in [7, 11) is -8.68. The Morgan fingerprint density at radius 3 is 2.12 bits per heavy atom. The molecule has 0 aromatic heterocycles. The summed E-state index contributed by atoms with van der Waals surface area (Å²) in [6.45, 7) is 1.82. The first-order valence-corrected chi connectivity index (χ1v) is 10.0. The molecule has 6 nitrogen and oxygen atoms in total. The Kier molecular flexibility index (Phi) is 4.28. The Morgan fingerprint density at radius 1 is 0.840 bits per heavy atom. The van der Waals surface area contributed by atoms with Crippen molar-refractivity contribution < 1.29 is 25.6 Å². The lowest BCUT2D eigenvalue weighted by Crippen LogP contribution is -2.10. The zero-order valence-electron chi connectivity index (χ0n) is 13.1. The van der Waals surface area contributed by atoms with Gasteiger partial charge in [-0.3, -0.25) is 4.55 Å². The standard InChI is InChI=1S/C17H14O6S2/c1-12-6-8-14(9-7-12)25(21,22)23-17-11-15(24(18,19)20)10-13-4-2-3-5-16(13)17/h2-11H,1H3,(H,18,19,20). The third-order valence-electron chi connectivity index (χ3n) is 3.60. The fourth-order valence-electron chi connectivity index (χ4n) is 2.34. The zero-order valence-corrected chi connectivity index (χ0v) is 14.7. The predicted octanol–water partition coefficient (Wildman–Crippen LogP) is 3.16. The molecule has 1 N–H and O–H groups in total. The van der Waals surface area contributed by atoms with E-state index < -0.39 is 25.1 Å². The molecular weight excluding hydrogens is 364 g/mol. The number of hydrogen-bond acceptors (Lipinski definition) is 5. The predicted molar refractivity (Wildman–Crippen MR) is 92.8 cm³/mol. The number of benzene rings is 3. The van der Waals surface area contributed by atoms with Gasteiger partial charge in [0.05, 0.1) is 4.90 Å². The summed E-state index contributed by atoms with van der Waals surface area (Å²) in [5, 5.41) is 0.831. The third-order valence-corrected chi connectivity index (χ3v) is 5.68. The van der Waals surface area contributed by atoms with Crippen LogP contribution in [-0.2, 0) is 20.2 Å². The van der Waals surface area contributed by atoms with Crippen LogP contribution in [0.4, 0.5) is 0 Å². The molecule has 25 heavy (non-hydrogen) atoms. The van der Waals surface area contributed by atoms with Gasteiger partial charge in [0, 0.05) is 11.5 Å². The Balaban J connectivity index is 2.16. The van der Waals surface area contributed by atoms with Gasteiger partial charge in [0.25, 0.3) is 10.1 Å². The minimum Gasteiger partial charge on any atom is -0.378 e. The minimum absolute atomic E-state index is 0.0561. The molecule has 3 rings (SSSR count). The average molecular weight is 378 g/mol. The molecule has 0 saturated carbocycles. The summed E-state index contributed by atoms with van der Waals surface area (Å²) in [6, 6.07) is 14.8. The highest BCUT2D eigenvalue weighted by Gasteiger charge is 2.21. The maximum atomic E-state index is 12.5. The molecule has 3 aromatic rings. The summed E-state index contributed by atoms with van der Waals surface area (Å²) in [4.78, 5) is -0.500. The van der Waals surface area contributed by atoms with Gasteiger partial charge in [0.2, 0.25) is 0 Å². The lowest BCUT2D eigenvalue weighted by Gasteiger charge is -2.11. The molecule has 3 aromatic carbocycles. The molecule has 0 spiro atoms. The Bertz CT molecular complexity index is 1150. The van der Waals surface area contributed by atoms with E-state index in [9.17, 15) is 21.4 Å². The van der Waals surface area contributed by atoms with Crippen molar-refractivity contribution in [3.8, 4) is 5.75 Å². The van der Waals surface area contributed by atoms with E-state index in [1.165, 1.54) is 18.2 Å². The van der Waals surface area contributed by atoms with Gasteiger partial charge in [-0.2, -0.15) is 16.8 Å². The average Bonchev–Trinajstić information content (AvgIpc) is 2.54. The van der Waals surface area contributed by atoms with Crippen LogP contribution in [0.5, 0.6) is 5.75 Å². The molecule has 0 saturated heterocycles. The molecule has 0 heterocycles. The van der Waals surface area contributed by atoms with Gasteiger partial charge in [0.15, 0.2) is 5.75 Å². The largest absolute Gasteiger partial charge is 0.378 e. The van der Waals surface area contributed by atoms with Gasteiger partial charge in [-0.15, -0.1) is 0 Å². The lowest BCUT2D eigenvalue weighted by molar-refractivity contribution is 0.477. The van der Waals surface area contributed by atoms with E-state index in [1.54, 1.807) is 36.4 Å². The summed E-state index contributed by atoms with van der Waals surface area (Å²) >= 11 is 0. The monoisotopic (exact) mass is 378 g/mol. The SMILES string of the molecule is Cc1ccc(S(=O)(=O)Oc2cc(S(=O)(=O)O)cc3ccccc23)cc1. The molecule has 0 bridgehead atoms. The van der Waals surface area contributed by atoms with Crippen molar-refractivity contribution in [2.45, 2.75) is 16.7 Å². The highest BCUT2D eigenvalue weighted by atomic mass is 32.2. The molecule has 0 radical (unpaired) electrons. The normalized spacial score (nSPS) is 12.2. The van der Waals surface area contributed by atoms with Crippen LogP contribution in [-0.4, -0.2) is 21.4 Å². The van der Waals surface area contributed by atoms with Gasteiger partial charge < -0.3 is 4.18 Å². The summed E-state index contributed by atoms with van der Waals surface area (Å²) in [6.07, 6.45) is 0. The van der Waals surface area contributed by atoms with Crippen LogP contribution in [0.15, 0.2) is 70.5 Å². The topological polar surface area (TPSA) is 97.7 Å². The van der Waals surface area contributed by atoms with Gasteiger partial charge >= 0.3 is 10.1 Å². The fourth-order valence-corrected chi connectivity index (χ4v) is 3.81. The second-order valence-electron chi connectivity index (χ2n) is 5.47. The smallest absolute Gasteiger partial charge is 0.339 e. The van der Waals surface area contributed by atoms with E-state index in [4.69, 9.17) is 4.18 Å². The highest BCUT2D eigenvalue weighted by molar-refractivity contribution is 7.87. The van der Waals surface area contributed by atoms with Crippen LogP contribution in [0.25, 0.3) is 10.8 Å². The van der Waals surface area contributed by atoms with Crippen molar-refractivity contribution in [2.24, 2.45) is 0 Å². The molecule has 130 valence electrons. The van der Waals surface area contributed by atoms with Crippen molar-refractivity contribution in [1.82, 2.24) is 0 Å². The third kappa shape index (κ3) is 3.65. The zero-order chi connectivity index (χ0) is 18.2. The molecule has 0 unspecified atom stereocenters. The van der Waals surface area contributed by atoms with Crippen LogP contribution in [0.2, 0.25) is 0 Å². The van der Waals surface area contributed by atoms with Gasteiger partial charge in [0.1, 0.15) is 4.90 Å². The van der Waals surface area contributed by atoms with Crippen LogP contribution in [0.3, 0.4) is 0 Å². The van der Waals surface area contributed by atoms with E-state index in [0.29, 0.717) is 10.8 Å². The van der Waals surface area contributed by atoms with E-state index in [2.05, 4.69) is 0 Å². The first-order chi connectivity index (χ1) is 11.7. The minimum atomic E-state index is -4.52. The Labute approximate surface area is 145 Å². The molecule has 8 heteroatoms. The molecule has 0 aliphatic heterocycles. The highest BCUT2D eigenvalue weighted by Crippen LogP contribution is 2.31. The van der Waals surface area contributed by atoms with Crippen molar-refractivity contribution in [1.29, 1.82) is 0 Å². The first kappa shape index (κ1) is 17.4. The molecule has 0 fully saturated rings. The van der Waals surface area contributed by atoms with Crippen LogP contribution < -0.4 is 4.18 Å². The van der Waals surface area contributed by atoms with E-state index in [-0.39, 0.29) is 10.6 Å². The van der Waals surface area contributed by atoms with Crippen molar-refractivity contribution >= 4 is 31.0 Å². The quantitative estimate of drug-likeness (QED) is 0.553. The van der Waals surface area contributed by atoms with Crippen molar-refractivity contribution in [3.05, 3.63) is 66.2 Å². The van der Waals surface area contributed by atoms with Crippen molar-refractivity contribution in [3.63, 3.8) is 0 Å². The Hall–Kier alpha value is -2.42. The second kappa shape index (κ2) is 6.14. The number of fused-ring (bicyclic) bond motifs is 1. The van der Waals surface area contributed by atoms with Gasteiger partial charge in [-0.05, 0) is 30.5 Å². The molecule has 0 amide bonds.